The molecule has 0 rings (SSSR count). The normalized spacial score (nSPS) is 14.9. The Morgan fingerprint density at radius 3 is 1.47 bits per heavy atom. The van der Waals surface area contributed by atoms with E-state index in [0.717, 1.165) is 19.3 Å². The number of unbranched alkanes of at least 4 members (excludes halogenated alkanes) is 16. The van der Waals surface area contributed by atoms with Gasteiger partial charge in [0, 0.05) is 6.42 Å². The van der Waals surface area contributed by atoms with Gasteiger partial charge in [-0.3, -0.25) is 13.8 Å². The molecule has 3 atom stereocenters. The predicted molar refractivity (Wildman–Crippen MR) is 141 cm³/mol. The van der Waals surface area contributed by atoms with Crippen molar-refractivity contribution in [3.05, 3.63) is 0 Å². The fourth-order valence-corrected chi connectivity index (χ4v) is 4.55. The van der Waals surface area contributed by atoms with Crippen molar-refractivity contribution in [2.75, 3.05) is 26.4 Å². The molecule has 0 aromatic heterocycles. The zero-order chi connectivity index (χ0) is 26.9. The lowest BCUT2D eigenvalue weighted by Crippen LogP contribution is -2.24. The SMILES string of the molecule is CCCCCCCCCCCCCCCCCCCC(=O)OCC(O)COP(=O)(O)OCC(O)CO. The summed E-state index contributed by atoms with van der Waals surface area (Å²) in [5.74, 6) is -0.426. The fraction of sp³-hybridized carbons (Fsp3) is 0.962. The van der Waals surface area contributed by atoms with Crippen molar-refractivity contribution < 1.29 is 43.4 Å². The Hall–Kier alpha value is -0.540. The van der Waals surface area contributed by atoms with E-state index < -0.39 is 45.8 Å². The number of carbonyl (C=O) groups is 1. The number of carbonyl (C=O) groups excluding carboxylic acids is 1. The highest BCUT2D eigenvalue weighted by atomic mass is 31.2. The van der Waals surface area contributed by atoms with Crippen LogP contribution in [0, 0.1) is 0 Å². The summed E-state index contributed by atoms with van der Waals surface area (Å²) in [6.45, 7) is 0.118. The summed E-state index contributed by atoms with van der Waals surface area (Å²) in [6, 6.07) is 0. The highest BCUT2D eigenvalue weighted by molar-refractivity contribution is 7.47. The third kappa shape index (κ3) is 25.1. The summed E-state index contributed by atoms with van der Waals surface area (Å²) in [6.07, 6.45) is 19.3. The van der Waals surface area contributed by atoms with Crippen molar-refractivity contribution in [1.29, 1.82) is 0 Å². The number of aliphatic hydroxyl groups is 3. The van der Waals surface area contributed by atoms with Crippen LogP contribution >= 0.6 is 7.82 Å². The van der Waals surface area contributed by atoms with Crippen molar-refractivity contribution in [3.8, 4) is 0 Å². The average Bonchev–Trinajstić information content (AvgIpc) is 2.86. The molecule has 0 heterocycles. The van der Waals surface area contributed by atoms with Crippen LogP contribution in [0.2, 0.25) is 0 Å². The summed E-state index contributed by atoms with van der Waals surface area (Å²) < 4.78 is 25.6. The molecule has 36 heavy (non-hydrogen) atoms. The Kier molecular flexibility index (Phi) is 24.4. The highest BCUT2D eigenvalue weighted by Gasteiger charge is 2.24. The lowest BCUT2D eigenvalue weighted by Gasteiger charge is -2.16. The number of rotatable bonds is 27. The van der Waals surface area contributed by atoms with Crippen LogP contribution in [0.15, 0.2) is 0 Å². The van der Waals surface area contributed by atoms with E-state index in [-0.39, 0.29) is 13.0 Å². The molecule has 3 unspecified atom stereocenters. The van der Waals surface area contributed by atoms with E-state index in [0.29, 0.717) is 0 Å². The lowest BCUT2D eigenvalue weighted by molar-refractivity contribution is -0.147. The van der Waals surface area contributed by atoms with Gasteiger partial charge in [0.2, 0.25) is 0 Å². The van der Waals surface area contributed by atoms with Crippen LogP contribution in [0.4, 0.5) is 0 Å². The Morgan fingerprint density at radius 1 is 0.667 bits per heavy atom. The average molecular weight is 541 g/mol. The first-order chi connectivity index (χ1) is 17.3. The summed E-state index contributed by atoms with van der Waals surface area (Å²) >= 11 is 0. The van der Waals surface area contributed by atoms with Gasteiger partial charge < -0.3 is 24.9 Å². The number of esters is 1. The van der Waals surface area contributed by atoms with E-state index in [9.17, 15) is 19.4 Å². The van der Waals surface area contributed by atoms with Crippen molar-refractivity contribution in [3.63, 3.8) is 0 Å². The van der Waals surface area contributed by atoms with Crippen molar-refractivity contribution in [2.45, 2.75) is 135 Å². The first-order valence-corrected chi connectivity index (χ1v) is 15.5. The summed E-state index contributed by atoms with van der Waals surface area (Å²) in [5.41, 5.74) is 0. The predicted octanol–water partition coefficient (Wildman–Crippen LogP) is 5.42. The van der Waals surface area contributed by atoms with Gasteiger partial charge in [-0.1, -0.05) is 110 Å². The first kappa shape index (κ1) is 35.5. The molecule has 0 amide bonds. The van der Waals surface area contributed by atoms with Gasteiger partial charge in [-0.25, -0.2) is 4.57 Å². The van der Waals surface area contributed by atoms with E-state index in [2.05, 4.69) is 16.0 Å². The van der Waals surface area contributed by atoms with Crippen LogP contribution in [0.25, 0.3) is 0 Å². The minimum absolute atomic E-state index is 0.271. The molecule has 4 N–H and O–H groups in total. The van der Waals surface area contributed by atoms with Gasteiger partial charge in [0.05, 0.1) is 19.8 Å². The third-order valence-corrected chi connectivity index (χ3v) is 6.94. The molecule has 0 saturated carbocycles. The molecule has 10 heteroatoms. The van der Waals surface area contributed by atoms with Crippen molar-refractivity contribution in [1.82, 2.24) is 0 Å². The van der Waals surface area contributed by atoms with Crippen LogP contribution in [-0.4, -0.2) is 64.8 Å². The number of hydrogen-bond donors (Lipinski definition) is 4. The summed E-state index contributed by atoms with van der Waals surface area (Å²) in [7, 11) is -4.48. The highest BCUT2D eigenvalue weighted by Crippen LogP contribution is 2.43. The number of phosphoric ester groups is 1. The van der Waals surface area contributed by atoms with Gasteiger partial charge in [0.15, 0.2) is 0 Å². The second kappa shape index (κ2) is 24.8. The second-order valence-corrected chi connectivity index (χ2v) is 11.1. The van der Waals surface area contributed by atoms with Crippen LogP contribution in [0.1, 0.15) is 122 Å². The van der Waals surface area contributed by atoms with Crippen LogP contribution < -0.4 is 0 Å². The quantitative estimate of drug-likeness (QED) is 0.0610. The summed E-state index contributed by atoms with van der Waals surface area (Å²) in [5, 5.41) is 27.4. The van der Waals surface area contributed by atoms with Gasteiger partial charge in [-0.05, 0) is 6.42 Å². The van der Waals surface area contributed by atoms with E-state index in [4.69, 9.17) is 14.9 Å². The zero-order valence-electron chi connectivity index (χ0n) is 22.5. The molecule has 216 valence electrons. The van der Waals surface area contributed by atoms with E-state index in [1.54, 1.807) is 0 Å². The van der Waals surface area contributed by atoms with E-state index >= 15 is 0 Å². The van der Waals surface area contributed by atoms with Gasteiger partial charge in [0.25, 0.3) is 0 Å². The Labute approximate surface area is 218 Å². The zero-order valence-corrected chi connectivity index (χ0v) is 23.4. The molecule has 0 radical (unpaired) electrons. The number of phosphoric acid groups is 1. The molecule has 0 spiro atoms. The molecular formula is C26H53O9P. The number of aliphatic hydroxyl groups excluding tert-OH is 3. The van der Waals surface area contributed by atoms with Gasteiger partial charge in [-0.2, -0.15) is 0 Å². The smallest absolute Gasteiger partial charge is 0.463 e. The lowest BCUT2D eigenvalue weighted by atomic mass is 10.0. The minimum Gasteiger partial charge on any atom is -0.463 e. The van der Waals surface area contributed by atoms with Gasteiger partial charge >= 0.3 is 13.8 Å². The molecule has 0 saturated heterocycles. The Morgan fingerprint density at radius 2 is 1.06 bits per heavy atom. The van der Waals surface area contributed by atoms with E-state index in [1.165, 1.54) is 89.9 Å². The third-order valence-electron chi connectivity index (χ3n) is 5.99. The van der Waals surface area contributed by atoms with Crippen molar-refractivity contribution >= 4 is 13.8 Å². The largest absolute Gasteiger partial charge is 0.472 e. The minimum atomic E-state index is -4.48. The fourth-order valence-electron chi connectivity index (χ4n) is 3.75. The maximum absolute atomic E-state index is 11.8. The molecule has 0 aliphatic heterocycles. The maximum Gasteiger partial charge on any atom is 0.472 e. The van der Waals surface area contributed by atoms with E-state index in [1.807, 2.05) is 0 Å². The second-order valence-electron chi connectivity index (χ2n) is 9.64. The molecule has 9 nitrogen and oxygen atoms in total. The van der Waals surface area contributed by atoms with Crippen LogP contribution in [0.5, 0.6) is 0 Å². The monoisotopic (exact) mass is 540 g/mol. The van der Waals surface area contributed by atoms with Gasteiger partial charge in [0.1, 0.15) is 18.8 Å². The number of hydrogen-bond acceptors (Lipinski definition) is 8. The molecule has 0 aliphatic carbocycles. The molecule has 0 fully saturated rings. The van der Waals surface area contributed by atoms with Crippen LogP contribution in [0.3, 0.4) is 0 Å². The van der Waals surface area contributed by atoms with Gasteiger partial charge in [-0.15, -0.1) is 0 Å². The molecular weight excluding hydrogens is 487 g/mol. The first-order valence-electron chi connectivity index (χ1n) is 14.0. The Balaban J connectivity index is 3.45. The topological polar surface area (TPSA) is 143 Å². The van der Waals surface area contributed by atoms with Crippen molar-refractivity contribution in [2.24, 2.45) is 0 Å². The molecule has 0 bridgehead atoms. The molecule has 0 aliphatic rings. The number of ether oxygens (including phenoxy) is 1. The standard InChI is InChI=1S/C26H53O9P/c1-2-3-4-5-6-7-8-9-10-11-12-13-14-15-16-17-18-19-26(30)33-21-25(29)23-35-36(31,32)34-22-24(28)20-27/h24-25,27-29H,2-23H2,1H3,(H,31,32). The summed E-state index contributed by atoms with van der Waals surface area (Å²) in [4.78, 5) is 21.2. The Bertz CT molecular complexity index is 548. The molecule has 0 aromatic carbocycles. The van der Waals surface area contributed by atoms with Crippen LogP contribution in [-0.2, 0) is 23.1 Å². The maximum atomic E-state index is 11.8. The molecule has 0 aromatic rings.